The van der Waals surface area contributed by atoms with Gasteiger partial charge in [-0.2, -0.15) is 0 Å². The lowest BCUT2D eigenvalue weighted by Crippen LogP contribution is -2.53. The lowest BCUT2D eigenvalue weighted by atomic mass is 9.54. The smallest absolute Gasteiger partial charge is 0.348 e. The summed E-state index contributed by atoms with van der Waals surface area (Å²) in [4.78, 5) is 39.5. The van der Waals surface area contributed by atoms with E-state index in [1.165, 1.54) is 26.2 Å². The summed E-state index contributed by atoms with van der Waals surface area (Å²) in [5.74, 6) is -0.653. The van der Waals surface area contributed by atoms with Crippen molar-refractivity contribution in [1.29, 1.82) is 0 Å². The van der Waals surface area contributed by atoms with Crippen LogP contribution in [0.2, 0.25) is 0 Å². The van der Waals surface area contributed by atoms with E-state index in [4.69, 9.17) is 23.7 Å². The molecule has 0 aromatic heterocycles. The van der Waals surface area contributed by atoms with Gasteiger partial charge in [-0.1, -0.05) is 0 Å². The molecule has 6 rings (SSSR count). The van der Waals surface area contributed by atoms with Crippen LogP contribution in [0.3, 0.4) is 0 Å². The number of hydrogen-bond donors (Lipinski definition) is 0. The molecular weight excluding hydrogens is 440 g/mol. The maximum atomic E-state index is 13.3. The van der Waals surface area contributed by atoms with Crippen molar-refractivity contribution >= 4 is 17.9 Å². The molecule has 188 valence electrons. The molecule has 8 nitrogen and oxygen atoms in total. The Morgan fingerprint density at radius 2 is 1.18 bits per heavy atom. The molecule has 4 aliphatic carbocycles. The summed E-state index contributed by atoms with van der Waals surface area (Å²) in [5, 5.41) is 0. The Morgan fingerprint density at radius 3 is 1.59 bits per heavy atom. The Labute approximate surface area is 200 Å². The summed E-state index contributed by atoms with van der Waals surface area (Å²) in [5.41, 5.74) is -0.972. The highest BCUT2D eigenvalue weighted by atomic mass is 16.7. The molecule has 6 fully saturated rings. The number of carbonyl (C=O) groups excluding carboxylic acids is 3. The standard InChI is InChI=1S/C26H36O8/c1-16(23(27)34-26-13-17-10-18(14-26)12-19(11-17)15-26)22(24(28)32-20-6-2-4-8-30-20)25(29)33-21-7-3-5-9-31-21/h17-21H,2-15H2,1H3. The zero-order valence-corrected chi connectivity index (χ0v) is 20.1. The lowest BCUT2D eigenvalue weighted by molar-refractivity contribution is -0.192. The van der Waals surface area contributed by atoms with E-state index in [0.717, 1.165) is 44.9 Å². The van der Waals surface area contributed by atoms with Crippen LogP contribution in [0.4, 0.5) is 0 Å². The molecule has 2 saturated heterocycles. The van der Waals surface area contributed by atoms with E-state index in [0.29, 0.717) is 43.8 Å². The van der Waals surface area contributed by atoms with Crippen LogP contribution in [0, 0.1) is 17.8 Å². The average Bonchev–Trinajstić information content (AvgIpc) is 2.79. The van der Waals surface area contributed by atoms with E-state index in [2.05, 4.69) is 0 Å². The SMILES string of the molecule is CC(C(=O)OC12CC3CC(CC(C3)C1)C2)=C(C(=O)OC1CCCCO1)C(=O)OC1CCCCO1. The molecule has 2 atom stereocenters. The monoisotopic (exact) mass is 476 g/mol. The molecule has 0 N–H and O–H groups in total. The summed E-state index contributed by atoms with van der Waals surface area (Å²) in [7, 11) is 0. The van der Waals surface area contributed by atoms with E-state index >= 15 is 0 Å². The van der Waals surface area contributed by atoms with E-state index in [1.807, 2.05) is 0 Å². The van der Waals surface area contributed by atoms with Crippen LogP contribution >= 0.6 is 0 Å². The minimum atomic E-state index is -0.910. The highest BCUT2D eigenvalue weighted by Crippen LogP contribution is 2.57. The molecule has 4 bridgehead atoms. The lowest BCUT2D eigenvalue weighted by Gasteiger charge is -2.55. The van der Waals surface area contributed by atoms with Gasteiger partial charge in [-0.05, 0) is 88.9 Å². The molecule has 6 aliphatic rings. The summed E-state index contributed by atoms with van der Waals surface area (Å²) >= 11 is 0. The van der Waals surface area contributed by atoms with Gasteiger partial charge in [0, 0.05) is 12.8 Å². The Hall–Kier alpha value is -1.93. The molecule has 8 heteroatoms. The zero-order chi connectivity index (χ0) is 23.7. The second-order valence-electron chi connectivity index (χ2n) is 10.9. The van der Waals surface area contributed by atoms with Crippen LogP contribution in [-0.4, -0.2) is 49.3 Å². The number of carbonyl (C=O) groups is 3. The maximum absolute atomic E-state index is 13.3. The van der Waals surface area contributed by atoms with Gasteiger partial charge in [0.2, 0.25) is 12.6 Å². The second-order valence-corrected chi connectivity index (χ2v) is 10.9. The number of hydrogen-bond acceptors (Lipinski definition) is 8. The predicted molar refractivity (Wildman–Crippen MR) is 119 cm³/mol. The average molecular weight is 477 g/mol. The maximum Gasteiger partial charge on any atom is 0.348 e. The van der Waals surface area contributed by atoms with Crippen molar-refractivity contribution in [2.24, 2.45) is 17.8 Å². The van der Waals surface area contributed by atoms with Crippen LogP contribution in [0.1, 0.15) is 84.0 Å². The third-order valence-corrected chi connectivity index (χ3v) is 8.13. The van der Waals surface area contributed by atoms with Gasteiger partial charge in [0.1, 0.15) is 5.60 Å². The van der Waals surface area contributed by atoms with Gasteiger partial charge < -0.3 is 23.7 Å². The van der Waals surface area contributed by atoms with Crippen molar-refractivity contribution in [1.82, 2.24) is 0 Å². The Balaban J connectivity index is 1.34. The Bertz CT molecular complexity index is 764. The second kappa shape index (κ2) is 9.97. The fraction of sp³-hybridized carbons (Fsp3) is 0.808. The van der Waals surface area contributed by atoms with E-state index in [9.17, 15) is 14.4 Å². The van der Waals surface area contributed by atoms with Crippen molar-refractivity contribution in [3.8, 4) is 0 Å². The van der Waals surface area contributed by atoms with Crippen LogP contribution in [0.15, 0.2) is 11.1 Å². The molecular formula is C26H36O8. The van der Waals surface area contributed by atoms with Gasteiger partial charge in [-0.3, -0.25) is 0 Å². The third-order valence-electron chi connectivity index (χ3n) is 8.13. The third kappa shape index (κ3) is 5.18. The van der Waals surface area contributed by atoms with Crippen molar-refractivity contribution in [3.63, 3.8) is 0 Å². The van der Waals surface area contributed by atoms with Crippen LogP contribution in [-0.2, 0) is 38.1 Å². The van der Waals surface area contributed by atoms with Crippen molar-refractivity contribution in [3.05, 3.63) is 11.1 Å². The molecule has 2 heterocycles. The largest absolute Gasteiger partial charge is 0.456 e. The van der Waals surface area contributed by atoms with Crippen LogP contribution < -0.4 is 0 Å². The van der Waals surface area contributed by atoms with Crippen molar-refractivity contribution < 1.29 is 38.1 Å². The first-order valence-corrected chi connectivity index (χ1v) is 13.0. The molecule has 2 unspecified atom stereocenters. The number of esters is 3. The fourth-order valence-corrected chi connectivity index (χ4v) is 6.89. The van der Waals surface area contributed by atoms with Crippen LogP contribution in [0.25, 0.3) is 0 Å². The first-order chi connectivity index (χ1) is 16.4. The molecule has 0 aromatic rings. The minimum Gasteiger partial charge on any atom is -0.456 e. The molecule has 0 radical (unpaired) electrons. The molecule has 4 saturated carbocycles. The van der Waals surface area contributed by atoms with E-state index < -0.39 is 41.7 Å². The summed E-state index contributed by atoms with van der Waals surface area (Å²) in [6, 6.07) is 0. The first kappa shape index (κ1) is 23.8. The quantitative estimate of drug-likeness (QED) is 0.187. The van der Waals surface area contributed by atoms with E-state index in [-0.39, 0.29) is 5.57 Å². The topological polar surface area (TPSA) is 97.4 Å². The summed E-state index contributed by atoms with van der Waals surface area (Å²) in [6.45, 7) is 2.43. The fourth-order valence-electron chi connectivity index (χ4n) is 6.89. The molecule has 2 aliphatic heterocycles. The normalized spacial score (nSPS) is 36.4. The van der Waals surface area contributed by atoms with Crippen molar-refractivity contribution in [2.75, 3.05) is 13.2 Å². The highest BCUT2D eigenvalue weighted by molar-refractivity contribution is 6.18. The van der Waals surface area contributed by atoms with Gasteiger partial charge in [-0.15, -0.1) is 0 Å². The van der Waals surface area contributed by atoms with Gasteiger partial charge in [0.15, 0.2) is 5.57 Å². The molecule has 0 aromatic carbocycles. The summed E-state index contributed by atoms with van der Waals surface area (Å²) < 4.78 is 28.0. The molecule has 34 heavy (non-hydrogen) atoms. The van der Waals surface area contributed by atoms with Gasteiger partial charge in [0.25, 0.3) is 0 Å². The van der Waals surface area contributed by atoms with Crippen LogP contribution in [0.5, 0.6) is 0 Å². The van der Waals surface area contributed by atoms with Gasteiger partial charge in [0.05, 0.1) is 18.8 Å². The predicted octanol–water partition coefficient (Wildman–Crippen LogP) is 3.95. The van der Waals surface area contributed by atoms with Gasteiger partial charge >= 0.3 is 17.9 Å². The van der Waals surface area contributed by atoms with Gasteiger partial charge in [-0.25, -0.2) is 14.4 Å². The molecule has 0 spiro atoms. The number of ether oxygens (including phenoxy) is 5. The van der Waals surface area contributed by atoms with Crippen molar-refractivity contribution in [2.45, 2.75) is 102 Å². The molecule has 0 amide bonds. The Kier molecular flexibility index (Phi) is 6.98. The van der Waals surface area contributed by atoms with E-state index in [1.54, 1.807) is 0 Å². The zero-order valence-electron chi connectivity index (χ0n) is 20.1. The minimum absolute atomic E-state index is 0.0719. The number of rotatable bonds is 6. The summed E-state index contributed by atoms with van der Waals surface area (Å²) in [6.07, 6.45) is 9.43. The first-order valence-electron chi connectivity index (χ1n) is 13.0. The Morgan fingerprint density at radius 1 is 0.706 bits per heavy atom. The highest BCUT2D eigenvalue weighted by Gasteiger charge is 2.53.